The first-order chi connectivity index (χ1) is 11.9. The molecule has 0 aliphatic carbocycles. The van der Waals surface area contributed by atoms with Gasteiger partial charge in [0.25, 0.3) is 0 Å². The second-order valence-electron chi connectivity index (χ2n) is 6.47. The van der Waals surface area contributed by atoms with Crippen LogP contribution in [0.3, 0.4) is 0 Å². The summed E-state index contributed by atoms with van der Waals surface area (Å²) in [6, 6.07) is 13.1. The molecule has 1 N–H and O–H groups in total. The number of hydrogen-bond acceptors (Lipinski definition) is 3. The van der Waals surface area contributed by atoms with Gasteiger partial charge in [0.1, 0.15) is 11.6 Å². The zero-order valence-electron chi connectivity index (χ0n) is 14.1. The highest BCUT2D eigenvalue weighted by Crippen LogP contribution is 2.36. The quantitative estimate of drug-likeness (QED) is 0.895. The molecule has 3 rings (SSSR count). The molecular weight excluding hydrogens is 343 g/mol. The van der Waals surface area contributed by atoms with Crippen LogP contribution in [0.15, 0.2) is 48.5 Å². The second kappa shape index (κ2) is 7.02. The van der Waals surface area contributed by atoms with Crippen LogP contribution in [-0.4, -0.2) is 36.7 Å². The van der Waals surface area contributed by atoms with Crippen LogP contribution in [0.2, 0.25) is 5.02 Å². The highest BCUT2D eigenvalue weighted by atomic mass is 35.5. The van der Waals surface area contributed by atoms with Crippen molar-refractivity contribution in [2.45, 2.75) is 18.4 Å². The third-order valence-electron chi connectivity index (χ3n) is 4.91. The zero-order valence-corrected chi connectivity index (χ0v) is 14.9. The molecule has 4 nitrogen and oxygen atoms in total. The van der Waals surface area contributed by atoms with Crippen molar-refractivity contribution in [3.8, 4) is 5.75 Å². The van der Waals surface area contributed by atoms with Gasteiger partial charge in [0, 0.05) is 31.1 Å². The maximum absolute atomic E-state index is 13.0. The van der Waals surface area contributed by atoms with E-state index >= 15 is 0 Å². The van der Waals surface area contributed by atoms with Gasteiger partial charge in [-0.15, -0.1) is 0 Å². The number of carbonyl (C=O) groups excluding carboxylic acids is 1. The summed E-state index contributed by atoms with van der Waals surface area (Å²) in [5.74, 6) is 0.0503. The molecule has 132 valence electrons. The lowest BCUT2D eigenvalue weighted by Crippen LogP contribution is -2.52. The molecule has 25 heavy (non-hydrogen) atoms. The van der Waals surface area contributed by atoms with E-state index in [1.54, 1.807) is 11.9 Å². The minimum absolute atomic E-state index is 0.107. The van der Waals surface area contributed by atoms with Gasteiger partial charge in [-0.1, -0.05) is 23.7 Å². The lowest BCUT2D eigenvalue weighted by Gasteiger charge is -2.39. The van der Waals surface area contributed by atoms with Crippen molar-refractivity contribution in [3.05, 3.63) is 64.9 Å². The molecule has 0 radical (unpaired) electrons. The van der Waals surface area contributed by atoms with E-state index in [0.29, 0.717) is 17.3 Å². The molecule has 1 amide bonds. The van der Waals surface area contributed by atoms with Crippen LogP contribution in [0.5, 0.6) is 5.75 Å². The SMILES string of the molecule is CN(C(=O)Oc1ccc(F)cc1)[C@@]1(C)CNC[C@@H]1c1ccc(Cl)cc1. The van der Waals surface area contributed by atoms with Crippen LogP contribution in [0.4, 0.5) is 9.18 Å². The number of benzene rings is 2. The molecule has 1 fully saturated rings. The number of nitrogens with zero attached hydrogens (tertiary/aromatic N) is 1. The van der Waals surface area contributed by atoms with Crippen LogP contribution < -0.4 is 10.1 Å². The fourth-order valence-electron chi connectivity index (χ4n) is 3.22. The normalized spacial score (nSPS) is 22.6. The summed E-state index contributed by atoms with van der Waals surface area (Å²) in [5.41, 5.74) is 0.656. The van der Waals surface area contributed by atoms with E-state index in [9.17, 15) is 9.18 Å². The molecule has 2 atom stereocenters. The monoisotopic (exact) mass is 362 g/mol. The van der Waals surface area contributed by atoms with Crippen molar-refractivity contribution in [1.29, 1.82) is 0 Å². The lowest BCUT2D eigenvalue weighted by atomic mass is 9.82. The van der Waals surface area contributed by atoms with Gasteiger partial charge < -0.3 is 15.0 Å². The van der Waals surface area contributed by atoms with Gasteiger partial charge in [-0.3, -0.25) is 0 Å². The molecule has 0 saturated carbocycles. The Bertz CT molecular complexity index is 751. The van der Waals surface area contributed by atoms with Crippen LogP contribution >= 0.6 is 11.6 Å². The molecule has 1 saturated heterocycles. The number of nitrogens with one attached hydrogen (secondary N) is 1. The Hall–Kier alpha value is -2.11. The standard InChI is InChI=1S/C19H20ClFN2O2/c1-19(12-22-11-17(19)13-3-5-14(20)6-4-13)23(2)18(24)25-16-9-7-15(21)8-10-16/h3-10,17,22H,11-12H2,1-2H3/t17-,19+/m1/s1. The number of hydrogen-bond donors (Lipinski definition) is 1. The van der Waals surface area contributed by atoms with Gasteiger partial charge in [0.15, 0.2) is 0 Å². The highest BCUT2D eigenvalue weighted by molar-refractivity contribution is 6.30. The Morgan fingerprint density at radius 1 is 1.24 bits per heavy atom. The topological polar surface area (TPSA) is 41.6 Å². The van der Waals surface area contributed by atoms with Crippen LogP contribution in [-0.2, 0) is 0 Å². The molecular formula is C19H20ClFN2O2. The van der Waals surface area contributed by atoms with Crippen molar-refractivity contribution < 1.29 is 13.9 Å². The summed E-state index contributed by atoms with van der Waals surface area (Å²) in [6.07, 6.45) is -0.475. The van der Waals surface area contributed by atoms with Gasteiger partial charge in [0.2, 0.25) is 0 Å². The number of likely N-dealkylation sites (N-methyl/N-ethyl adjacent to an activating group) is 1. The van der Waals surface area contributed by atoms with E-state index in [0.717, 1.165) is 12.1 Å². The van der Waals surface area contributed by atoms with E-state index in [1.807, 2.05) is 31.2 Å². The predicted octanol–water partition coefficient (Wildman–Crippen LogP) is 4.06. The first-order valence-electron chi connectivity index (χ1n) is 8.07. The maximum atomic E-state index is 13.0. The third-order valence-corrected chi connectivity index (χ3v) is 5.17. The fourth-order valence-corrected chi connectivity index (χ4v) is 3.34. The van der Waals surface area contributed by atoms with Crippen LogP contribution in [0.1, 0.15) is 18.4 Å². The van der Waals surface area contributed by atoms with Crippen LogP contribution in [0.25, 0.3) is 0 Å². The number of ether oxygens (including phenoxy) is 1. The van der Waals surface area contributed by atoms with Gasteiger partial charge in [-0.25, -0.2) is 9.18 Å². The molecule has 1 aliphatic rings. The Morgan fingerprint density at radius 3 is 2.52 bits per heavy atom. The summed E-state index contributed by atoms with van der Waals surface area (Å²) < 4.78 is 18.4. The van der Waals surface area contributed by atoms with E-state index in [4.69, 9.17) is 16.3 Å². The molecule has 2 aromatic carbocycles. The van der Waals surface area contributed by atoms with Crippen molar-refractivity contribution >= 4 is 17.7 Å². The van der Waals surface area contributed by atoms with E-state index < -0.39 is 11.6 Å². The average molecular weight is 363 g/mol. The van der Waals surface area contributed by atoms with E-state index in [2.05, 4.69) is 5.32 Å². The zero-order chi connectivity index (χ0) is 18.0. The molecule has 1 aliphatic heterocycles. The van der Waals surface area contributed by atoms with E-state index in [1.165, 1.54) is 24.3 Å². The summed E-state index contributed by atoms with van der Waals surface area (Å²) in [7, 11) is 1.72. The molecule has 0 spiro atoms. The van der Waals surface area contributed by atoms with Crippen molar-refractivity contribution in [1.82, 2.24) is 10.2 Å². The molecule has 0 unspecified atom stereocenters. The Balaban J connectivity index is 1.78. The molecule has 0 aromatic heterocycles. The molecule has 0 bridgehead atoms. The molecule has 2 aromatic rings. The minimum atomic E-state index is -0.475. The van der Waals surface area contributed by atoms with Crippen molar-refractivity contribution in [2.75, 3.05) is 20.1 Å². The lowest BCUT2D eigenvalue weighted by molar-refractivity contribution is 0.109. The van der Waals surface area contributed by atoms with Crippen LogP contribution in [0, 0.1) is 5.82 Å². The average Bonchev–Trinajstić information content (AvgIpc) is 3.00. The first kappa shape index (κ1) is 17.7. The van der Waals surface area contributed by atoms with Crippen molar-refractivity contribution in [3.63, 3.8) is 0 Å². The number of halogens is 2. The summed E-state index contributed by atoms with van der Waals surface area (Å²) >= 11 is 5.98. The summed E-state index contributed by atoms with van der Waals surface area (Å²) in [4.78, 5) is 14.2. The Kier molecular flexibility index (Phi) is 4.97. The smallest absolute Gasteiger partial charge is 0.410 e. The third kappa shape index (κ3) is 3.62. The first-order valence-corrected chi connectivity index (χ1v) is 8.45. The predicted molar refractivity (Wildman–Crippen MR) is 95.7 cm³/mol. The van der Waals surface area contributed by atoms with Crippen molar-refractivity contribution in [2.24, 2.45) is 0 Å². The van der Waals surface area contributed by atoms with E-state index in [-0.39, 0.29) is 11.7 Å². The largest absolute Gasteiger partial charge is 0.415 e. The summed E-state index contributed by atoms with van der Waals surface area (Å²) in [5, 5.41) is 4.03. The number of amides is 1. The van der Waals surface area contributed by atoms with Gasteiger partial charge >= 0.3 is 6.09 Å². The number of rotatable bonds is 3. The Morgan fingerprint density at radius 2 is 1.88 bits per heavy atom. The fraction of sp³-hybridized carbons (Fsp3) is 0.316. The van der Waals surface area contributed by atoms with Gasteiger partial charge in [0.05, 0.1) is 5.54 Å². The van der Waals surface area contributed by atoms with Gasteiger partial charge in [-0.2, -0.15) is 0 Å². The van der Waals surface area contributed by atoms with Gasteiger partial charge in [-0.05, 0) is 48.9 Å². The summed E-state index contributed by atoms with van der Waals surface area (Å²) in [6.45, 7) is 3.43. The highest BCUT2D eigenvalue weighted by Gasteiger charge is 2.45. The molecule has 6 heteroatoms. The number of carbonyl (C=O) groups is 1. The second-order valence-corrected chi connectivity index (χ2v) is 6.91. The Labute approximate surface area is 151 Å². The minimum Gasteiger partial charge on any atom is -0.410 e. The maximum Gasteiger partial charge on any atom is 0.415 e. The molecule has 1 heterocycles.